The number of aliphatic hydroxyl groups is 1. The number of hydrogen-bond donors (Lipinski definition) is 2. The van der Waals surface area contributed by atoms with Gasteiger partial charge in [-0.15, -0.1) is 12.4 Å². The second-order valence-corrected chi connectivity index (χ2v) is 4.89. The summed E-state index contributed by atoms with van der Waals surface area (Å²) in [5, 5.41) is 10.0. The van der Waals surface area contributed by atoms with Crippen LogP contribution in [-0.4, -0.2) is 41.7 Å². The van der Waals surface area contributed by atoms with Gasteiger partial charge in [-0.05, 0) is 25.7 Å². The van der Waals surface area contributed by atoms with Gasteiger partial charge in [-0.25, -0.2) is 0 Å². The lowest BCUT2D eigenvalue weighted by atomic mass is 9.76. The lowest BCUT2D eigenvalue weighted by Crippen LogP contribution is -2.50. The molecule has 2 fully saturated rings. The van der Waals surface area contributed by atoms with Gasteiger partial charge in [0, 0.05) is 18.5 Å². The second kappa shape index (κ2) is 5.34. The van der Waals surface area contributed by atoms with Crippen LogP contribution in [0.4, 0.5) is 0 Å². The normalized spacial score (nSPS) is 33.9. The van der Waals surface area contributed by atoms with Crippen molar-refractivity contribution in [2.24, 2.45) is 11.1 Å². The molecule has 1 amide bonds. The molecule has 1 heterocycles. The highest BCUT2D eigenvalue weighted by Crippen LogP contribution is 2.44. The van der Waals surface area contributed by atoms with Crippen molar-refractivity contribution in [2.75, 3.05) is 19.6 Å². The summed E-state index contributed by atoms with van der Waals surface area (Å²) in [5.41, 5.74) is 5.36. The Kier molecular flexibility index (Phi) is 4.59. The smallest absolute Gasteiger partial charge is 0.236 e. The number of piperidine rings is 1. The van der Waals surface area contributed by atoms with Crippen LogP contribution >= 0.6 is 12.4 Å². The largest absolute Gasteiger partial charge is 0.392 e. The van der Waals surface area contributed by atoms with Crippen molar-refractivity contribution in [3.63, 3.8) is 0 Å². The fourth-order valence-corrected chi connectivity index (χ4v) is 3.10. The van der Waals surface area contributed by atoms with Crippen molar-refractivity contribution in [3.05, 3.63) is 0 Å². The molecule has 1 aliphatic carbocycles. The highest BCUT2D eigenvalue weighted by molar-refractivity contribution is 5.85. The van der Waals surface area contributed by atoms with E-state index in [1.165, 1.54) is 0 Å². The summed E-state index contributed by atoms with van der Waals surface area (Å²) in [7, 11) is 0. The minimum absolute atomic E-state index is 0. The van der Waals surface area contributed by atoms with E-state index in [-0.39, 0.29) is 36.4 Å². The van der Waals surface area contributed by atoms with Crippen LogP contribution in [0.2, 0.25) is 0 Å². The van der Waals surface area contributed by atoms with E-state index in [0.717, 1.165) is 38.6 Å². The number of likely N-dealkylation sites (tertiary alicyclic amines) is 1. The lowest BCUT2D eigenvalue weighted by Gasteiger charge is -2.42. The molecule has 1 aliphatic heterocycles. The Morgan fingerprint density at radius 3 is 2.69 bits per heavy atom. The predicted octanol–water partition coefficient (Wildman–Crippen LogP) is 0.520. The molecule has 1 saturated heterocycles. The first-order valence-corrected chi connectivity index (χ1v) is 5.84. The first-order valence-electron chi connectivity index (χ1n) is 5.84. The van der Waals surface area contributed by atoms with Crippen molar-refractivity contribution in [1.82, 2.24) is 4.90 Å². The van der Waals surface area contributed by atoms with Gasteiger partial charge in [0.1, 0.15) is 0 Å². The summed E-state index contributed by atoms with van der Waals surface area (Å²) in [6.45, 7) is 1.61. The molecule has 1 spiro atoms. The Morgan fingerprint density at radius 2 is 2.12 bits per heavy atom. The standard InChI is InChI=1S/C11H20N2O2.ClH/c12-7-10(15)13-6-2-5-11(8-13)4-1-3-9(11)14;/h9,14H,1-8,12H2;1H/t9-,11-;/m1./s1. The van der Waals surface area contributed by atoms with Gasteiger partial charge in [-0.1, -0.05) is 6.42 Å². The minimum atomic E-state index is -0.217. The quantitative estimate of drug-likeness (QED) is 0.711. The molecule has 0 aromatic carbocycles. The highest BCUT2D eigenvalue weighted by atomic mass is 35.5. The number of amides is 1. The molecule has 3 N–H and O–H groups in total. The number of halogens is 1. The minimum Gasteiger partial charge on any atom is -0.392 e. The molecule has 1 saturated carbocycles. The SMILES string of the molecule is Cl.NCC(=O)N1CCC[C@]2(CCC[C@H]2O)C1. The van der Waals surface area contributed by atoms with E-state index >= 15 is 0 Å². The van der Waals surface area contributed by atoms with Crippen molar-refractivity contribution in [1.29, 1.82) is 0 Å². The number of carbonyl (C=O) groups is 1. The molecule has 0 bridgehead atoms. The van der Waals surface area contributed by atoms with Gasteiger partial charge < -0.3 is 15.7 Å². The molecule has 0 unspecified atom stereocenters. The van der Waals surface area contributed by atoms with Gasteiger partial charge in [0.25, 0.3) is 0 Å². The van der Waals surface area contributed by atoms with Gasteiger partial charge in [0.15, 0.2) is 0 Å². The van der Waals surface area contributed by atoms with Crippen LogP contribution in [0, 0.1) is 5.41 Å². The third-order valence-corrected chi connectivity index (χ3v) is 3.99. The zero-order valence-electron chi connectivity index (χ0n) is 9.52. The van der Waals surface area contributed by atoms with Crippen molar-refractivity contribution < 1.29 is 9.90 Å². The molecule has 2 atom stereocenters. The Balaban J connectivity index is 0.00000128. The van der Waals surface area contributed by atoms with Crippen LogP contribution in [0.3, 0.4) is 0 Å². The maximum Gasteiger partial charge on any atom is 0.236 e. The number of hydrogen-bond acceptors (Lipinski definition) is 3. The van der Waals surface area contributed by atoms with Crippen LogP contribution in [-0.2, 0) is 4.79 Å². The van der Waals surface area contributed by atoms with Gasteiger partial charge in [0.2, 0.25) is 5.91 Å². The molecule has 0 radical (unpaired) electrons. The van der Waals surface area contributed by atoms with E-state index in [2.05, 4.69) is 0 Å². The molecular formula is C11H21ClN2O2. The van der Waals surface area contributed by atoms with Gasteiger partial charge in [-0.2, -0.15) is 0 Å². The van der Waals surface area contributed by atoms with E-state index in [1.807, 2.05) is 4.90 Å². The number of aliphatic hydroxyl groups excluding tert-OH is 1. The van der Waals surface area contributed by atoms with Gasteiger partial charge >= 0.3 is 0 Å². The van der Waals surface area contributed by atoms with E-state index in [4.69, 9.17) is 5.73 Å². The van der Waals surface area contributed by atoms with E-state index in [9.17, 15) is 9.90 Å². The molecule has 0 aromatic rings. The van der Waals surface area contributed by atoms with Crippen LogP contribution in [0.25, 0.3) is 0 Å². The average Bonchev–Trinajstić information content (AvgIpc) is 2.59. The maximum absolute atomic E-state index is 11.5. The van der Waals surface area contributed by atoms with Crippen molar-refractivity contribution >= 4 is 18.3 Å². The third-order valence-electron chi connectivity index (χ3n) is 3.99. The van der Waals surface area contributed by atoms with E-state index in [0.29, 0.717) is 6.54 Å². The zero-order chi connectivity index (χ0) is 10.9. The summed E-state index contributed by atoms with van der Waals surface area (Å²) in [6.07, 6.45) is 4.88. The zero-order valence-corrected chi connectivity index (χ0v) is 10.3. The van der Waals surface area contributed by atoms with E-state index < -0.39 is 0 Å². The average molecular weight is 249 g/mol. The Morgan fingerprint density at radius 1 is 1.44 bits per heavy atom. The summed E-state index contributed by atoms with van der Waals surface area (Å²) in [5.74, 6) is 0.0215. The fraction of sp³-hybridized carbons (Fsp3) is 0.909. The molecule has 94 valence electrons. The monoisotopic (exact) mass is 248 g/mol. The third kappa shape index (κ3) is 2.34. The van der Waals surface area contributed by atoms with Crippen LogP contribution < -0.4 is 5.73 Å². The van der Waals surface area contributed by atoms with E-state index in [1.54, 1.807) is 0 Å². The topological polar surface area (TPSA) is 66.6 Å². The van der Waals surface area contributed by atoms with Crippen LogP contribution in [0.1, 0.15) is 32.1 Å². The first-order chi connectivity index (χ1) is 7.18. The molecule has 5 heteroatoms. The summed E-state index contributed by atoms with van der Waals surface area (Å²) >= 11 is 0. The molecule has 2 aliphatic rings. The highest BCUT2D eigenvalue weighted by Gasteiger charge is 2.45. The fourth-order valence-electron chi connectivity index (χ4n) is 3.10. The predicted molar refractivity (Wildman–Crippen MR) is 64.4 cm³/mol. The Hall–Kier alpha value is -0.320. The summed E-state index contributed by atoms with van der Waals surface area (Å²) in [4.78, 5) is 13.4. The summed E-state index contributed by atoms with van der Waals surface area (Å²) < 4.78 is 0. The van der Waals surface area contributed by atoms with Gasteiger partial charge in [0.05, 0.1) is 12.6 Å². The number of rotatable bonds is 1. The molecular weight excluding hydrogens is 228 g/mol. The Bertz CT molecular complexity index is 262. The van der Waals surface area contributed by atoms with Crippen molar-refractivity contribution in [3.8, 4) is 0 Å². The van der Waals surface area contributed by atoms with Crippen LogP contribution in [0.5, 0.6) is 0 Å². The Labute approximate surface area is 103 Å². The lowest BCUT2D eigenvalue weighted by molar-refractivity contribution is -0.135. The first kappa shape index (κ1) is 13.7. The van der Waals surface area contributed by atoms with Crippen molar-refractivity contribution in [2.45, 2.75) is 38.2 Å². The molecule has 16 heavy (non-hydrogen) atoms. The number of nitrogens with two attached hydrogens (primary N) is 1. The number of carbonyl (C=O) groups excluding carboxylic acids is 1. The number of nitrogens with zero attached hydrogens (tertiary/aromatic N) is 1. The van der Waals surface area contributed by atoms with Gasteiger partial charge in [-0.3, -0.25) is 4.79 Å². The second-order valence-electron chi connectivity index (χ2n) is 4.89. The molecule has 4 nitrogen and oxygen atoms in total. The maximum atomic E-state index is 11.5. The summed E-state index contributed by atoms with van der Waals surface area (Å²) in [6, 6.07) is 0. The molecule has 2 rings (SSSR count). The molecule has 0 aromatic heterocycles. The van der Waals surface area contributed by atoms with Crippen LogP contribution in [0.15, 0.2) is 0 Å².